The minimum atomic E-state index is -0.488. The van der Waals surface area contributed by atoms with Crippen LogP contribution in [0.2, 0.25) is 0 Å². The van der Waals surface area contributed by atoms with E-state index in [2.05, 4.69) is 6.92 Å². The zero-order chi connectivity index (χ0) is 12.7. The lowest BCUT2D eigenvalue weighted by molar-refractivity contribution is -0.294. The van der Waals surface area contributed by atoms with Gasteiger partial charge in [0.15, 0.2) is 5.79 Å². The van der Waals surface area contributed by atoms with Crippen LogP contribution in [0.4, 0.5) is 0 Å². The maximum Gasteiger partial charge on any atom is 0.306 e. The van der Waals surface area contributed by atoms with Crippen molar-refractivity contribution in [3.63, 3.8) is 0 Å². The van der Waals surface area contributed by atoms with Crippen LogP contribution in [-0.2, 0) is 19.0 Å². The summed E-state index contributed by atoms with van der Waals surface area (Å²) in [5.74, 6) is -0.329. The quantitative estimate of drug-likeness (QED) is 0.696. The van der Waals surface area contributed by atoms with Crippen molar-refractivity contribution in [3.8, 4) is 0 Å². The molecule has 4 nitrogen and oxygen atoms in total. The van der Waals surface area contributed by atoms with Crippen molar-refractivity contribution < 1.29 is 19.0 Å². The number of hydrogen-bond acceptors (Lipinski definition) is 4. The summed E-state index contributed by atoms with van der Waals surface area (Å²) < 4.78 is 16.4. The summed E-state index contributed by atoms with van der Waals surface area (Å²) in [4.78, 5) is 11.5. The summed E-state index contributed by atoms with van der Waals surface area (Å²) in [5, 5.41) is 0. The summed E-state index contributed by atoms with van der Waals surface area (Å²) in [6, 6.07) is 0. The summed E-state index contributed by atoms with van der Waals surface area (Å²) in [6.07, 6.45) is 2.67. The number of esters is 1. The Morgan fingerprint density at radius 1 is 1.41 bits per heavy atom. The average Bonchev–Trinajstić information content (AvgIpc) is 2.54. The van der Waals surface area contributed by atoms with Gasteiger partial charge in [-0.15, -0.1) is 0 Å². The lowest BCUT2D eigenvalue weighted by Crippen LogP contribution is -2.47. The normalized spacial score (nSPS) is 39.8. The van der Waals surface area contributed by atoms with Crippen LogP contribution in [0.3, 0.4) is 0 Å². The van der Waals surface area contributed by atoms with Gasteiger partial charge in [-0.3, -0.25) is 4.79 Å². The zero-order valence-electron chi connectivity index (χ0n) is 11.1. The highest BCUT2D eigenvalue weighted by molar-refractivity contribution is 5.70. The van der Waals surface area contributed by atoms with E-state index in [1.165, 1.54) is 7.11 Å². The predicted octanol–water partition coefficient (Wildman–Crippen LogP) is 2.12. The molecule has 2 fully saturated rings. The van der Waals surface area contributed by atoms with E-state index in [-0.39, 0.29) is 17.5 Å². The fourth-order valence-electron chi connectivity index (χ4n) is 3.07. The molecule has 0 aromatic heterocycles. The predicted molar refractivity (Wildman–Crippen MR) is 62.4 cm³/mol. The van der Waals surface area contributed by atoms with Crippen LogP contribution in [0.1, 0.15) is 40.0 Å². The number of rotatable bonds is 2. The average molecular weight is 242 g/mol. The smallest absolute Gasteiger partial charge is 0.306 e. The van der Waals surface area contributed by atoms with Gasteiger partial charge in [-0.25, -0.2) is 0 Å². The zero-order valence-corrected chi connectivity index (χ0v) is 11.1. The van der Waals surface area contributed by atoms with E-state index in [9.17, 15) is 4.79 Å². The molecule has 0 spiro atoms. The van der Waals surface area contributed by atoms with Crippen LogP contribution >= 0.6 is 0 Å². The van der Waals surface area contributed by atoms with E-state index < -0.39 is 5.79 Å². The lowest BCUT2D eigenvalue weighted by atomic mass is 9.76. The Hall–Kier alpha value is -0.610. The Labute approximate surface area is 103 Å². The van der Waals surface area contributed by atoms with E-state index in [0.717, 1.165) is 12.8 Å². The van der Waals surface area contributed by atoms with Gasteiger partial charge in [0, 0.05) is 5.92 Å². The molecule has 0 amide bonds. The van der Waals surface area contributed by atoms with Crippen molar-refractivity contribution in [1.82, 2.24) is 0 Å². The Kier molecular flexibility index (Phi) is 3.21. The molecule has 0 unspecified atom stereocenters. The number of hydrogen-bond donors (Lipinski definition) is 0. The van der Waals surface area contributed by atoms with Gasteiger partial charge in [0.1, 0.15) is 0 Å². The van der Waals surface area contributed by atoms with E-state index in [1.54, 1.807) is 0 Å². The van der Waals surface area contributed by atoms with E-state index in [0.29, 0.717) is 18.9 Å². The van der Waals surface area contributed by atoms with Crippen LogP contribution in [0.5, 0.6) is 0 Å². The van der Waals surface area contributed by atoms with Crippen LogP contribution in [0.25, 0.3) is 0 Å². The first-order valence-electron chi connectivity index (χ1n) is 6.25. The summed E-state index contributed by atoms with van der Waals surface area (Å²) in [5.41, 5.74) is -0.0474. The Morgan fingerprint density at radius 2 is 2.12 bits per heavy atom. The highest BCUT2D eigenvalue weighted by Gasteiger charge is 2.51. The molecule has 0 radical (unpaired) electrons. The third-order valence-electron chi connectivity index (χ3n) is 4.17. The van der Waals surface area contributed by atoms with Gasteiger partial charge in [0.2, 0.25) is 0 Å². The first kappa shape index (κ1) is 12.8. The number of carbonyl (C=O) groups excluding carboxylic acids is 1. The van der Waals surface area contributed by atoms with E-state index in [1.807, 2.05) is 13.8 Å². The Morgan fingerprint density at radius 3 is 2.76 bits per heavy atom. The fourth-order valence-corrected chi connectivity index (χ4v) is 3.07. The van der Waals surface area contributed by atoms with Gasteiger partial charge in [0.05, 0.1) is 26.2 Å². The molecule has 1 aliphatic heterocycles. The molecule has 1 heterocycles. The van der Waals surface area contributed by atoms with Crippen molar-refractivity contribution in [2.24, 2.45) is 11.3 Å². The maximum absolute atomic E-state index is 11.5. The number of methoxy groups -OCH3 is 1. The molecular formula is C13H22O4. The largest absolute Gasteiger partial charge is 0.469 e. The molecule has 1 aliphatic carbocycles. The Balaban J connectivity index is 2.06. The molecule has 2 rings (SSSR count). The molecule has 3 atom stereocenters. The molecule has 2 aliphatic rings. The van der Waals surface area contributed by atoms with Gasteiger partial charge >= 0.3 is 5.97 Å². The van der Waals surface area contributed by atoms with Gasteiger partial charge in [-0.05, 0) is 32.1 Å². The molecule has 4 heteroatoms. The van der Waals surface area contributed by atoms with Crippen LogP contribution in [-0.4, -0.2) is 31.6 Å². The fraction of sp³-hybridized carbons (Fsp3) is 0.923. The second-order valence-corrected chi connectivity index (χ2v) is 5.92. The molecule has 17 heavy (non-hydrogen) atoms. The molecule has 1 saturated heterocycles. The maximum atomic E-state index is 11.5. The van der Waals surface area contributed by atoms with Gasteiger partial charge in [-0.2, -0.15) is 0 Å². The second-order valence-electron chi connectivity index (χ2n) is 5.92. The first-order valence-corrected chi connectivity index (χ1v) is 6.25. The molecular weight excluding hydrogens is 220 g/mol. The standard InChI is InChI=1S/C13H22O4/c1-12(2)16-8-9-10(17-12)5-6-13(9,3)7-11(14)15-4/h9-10H,5-8H2,1-4H3/t9-,10-,13-/m0/s1. The van der Waals surface area contributed by atoms with Gasteiger partial charge in [-0.1, -0.05) is 6.92 Å². The SMILES string of the molecule is COC(=O)C[C@]1(C)CC[C@@H]2OC(C)(C)OC[C@@H]21. The number of fused-ring (bicyclic) bond motifs is 1. The van der Waals surface area contributed by atoms with Crippen molar-refractivity contribution >= 4 is 5.97 Å². The topological polar surface area (TPSA) is 44.8 Å². The molecule has 1 saturated carbocycles. The Bertz CT molecular complexity index is 313. The van der Waals surface area contributed by atoms with Crippen LogP contribution in [0, 0.1) is 11.3 Å². The minimum Gasteiger partial charge on any atom is -0.469 e. The molecule has 0 aromatic carbocycles. The monoisotopic (exact) mass is 242 g/mol. The van der Waals surface area contributed by atoms with Crippen LogP contribution < -0.4 is 0 Å². The third-order valence-corrected chi connectivity index (χ3v) is 4.17. The van der Waals surface area contributed by atoms with Crippen LogP contribution in [0.15, 0.2) is 0 Å². The summed E-state index contributed by atoms with van der Waals surface area (Å²) >= 11 is 0. The summed E-state index contributed by atoms with van der Waals surface area (Å²) in [7, 11) is 1.44. The molecule has 0 aromatic rings. The summed E-state index contributed by atoms with van der Waals surface area (Å²) in [6.45, 7) is 6.70. The number of carbonyl (C=O) groups is 1. The van der Waals surface area contributed by atoms with E-state index >= 15 is 0 Å². The minimum absolute atomic E-state index is 0.0474. The van der Waals surface area contributed by atoms with E-state index in [4.69, 9.17) is 14.2 Å². The highest BCUT2D eigenvalue weighted by Crippen LogP contribution is 2.50. The highest BCUT2D eigenvalue weighted by atomic mass is 16.7. The van der Waals surface area contributed by atoms with Crippen molar-refractivity contribution in [3.05, 3.63) is 0 Å². The van der Waals surface area contributed by atoms with Gasteiger partial charge < -0.3 is 14.2 Å². The molecule has 0 bridgehead atoms. The van der Waals surface area contributed by atoms with Crippen molar-refractivity contribution in [2.45, 2.75) is 51.9 Å². The van der Waals surface area contributed by atoms with Crippen molar-refractivity contribution in [2.75, 3.05) is 13.7 Å². The first-order chi connectivity index (χ1) is 7.86. The lowest BCUT2D eigenvalue weighted by Gasteiger charge is -2.42. The third kappa shape index (κ3) is 2.47. The van der Waals surface area contributed by atoms with Crippen molar-refractivity contribution in [1.29, 1.82) is 0 Å². The second kappa shape index (κ2) is 4.25. The van der Waals surface area contributed by atoms with Gasteiger partial charge in [0.25, 0.3) is 0 Å². The number of ether oxygens (including phenoxy) is 3. The molecule has 0 N–H and O–H groups in total. The molecule has 98 valence electrons.